The highest BCUT2D eigenvalue weighted by Gasteiger charge is 2.70. The number of aliphatic carboxylic acids is 2. The van der Waals surface area contributed by atoms with Gasteiger partial charge in [0.2, 0.25) is 0 Å². The minimum atomic E-state index is -1.54. The molecule has 0 spiro atoms. The van der Waals surface area contributed by atoms with Crippen LogP contribution in [0.15, 0.2) is 0 Å². The SMILES string of the molecule is CC1C2C(CC1(C(=O)O)C(=O)O)C1CCC2(C)C1. The maximum absolute atomic E-state index is 11.6. The molecule has 0 radical (unpaired) electrons. The summed E-state index contributed by atoms with van der Waals surface area (Å²) < 4.78 is 0. The molecule has 3 fully saturated rings. The molecule has 0 aromatic rings. The third kappa shape index (κ3) is 1.12. The molecule has 3 rings (SSSR count). The number of carboxylic acid groups (broad SMARTS) is 2. The monoisotopic (exact) mass is 252 g/mol. The molecule has 0 heterocycles. The molecule has 4 nitrogen and oxygen atoms in total. The first-order valence-electron chi connectivity index (χ1n) is 6.80. The minimum Gasteiger partial charge on any atom is -0.480 e. The normalized spacial score (nSPS) is 48.1. The molecule has 2 N–H and O–H groups in total. The molecular formula is C14H20O4. The van der Waals surface area contributed by atoms with Crippen LogP contribution in [-0.2, 0) is 9.59 Å². The van der Waals surface area contributed by atoms with Crippen molar-refractivity contribution in [2.45, 2.75) is 39.5 Å². The summed E-state index contributed by atoms with van der Waals surface area (Å²) in [5.41, 5.74) is -1.36. The maximum Gasteiger partial charge on any atom is 0.321 e. The zero-order valence-corrected chi connectivity index (χ0v) is 10.8. The molecule has 0 saturated heterocycles. The van der Waals surface area contributed by atoms with Gasteiger partial charge in [-0.15, -0.1) is 0 Å². The van der Waals surface area contributed by atoms with E-state index in [-0.39, 0.29) is 17.3 Å². The summed E-state index contributed by atoms with van der Waals surface area (Å²) in [7, 11) is 0. The Hall–Kier alpha value is -1.06. The van der Waals surface area contributed by atoms with Gasteiger partial charge in [0.05, 0.1) is 0 Å². The molecule has 3 aliphatic carbocycles. The van der Waals surface area contributed by atoms with E-state index >= 15 is 0 Å². The zero-order chi connectivity index (χ0) is 13.3. The minimum absolute atomic E-state index is 0.182. The number of carbonyl (C=O) groups is 2. The van der Waals surface area contributed by atoms with Crippen LogP contribution in [0.1, 0.15) is 39.5 Å². The fourth-order valence-corrected chi connectivity index (χ4v) is 5.58. The van der Waals surface area contributed by atoms with Gasteiger partial charge in [-0.25, -0.2) is 0 Å². The number of carboxylic acids is 2. The molecule has 3 saturated carbocycles. The fraction of sp³-hybridized carbons (Fsp3) is 0.857. The Balaban J connectivity index is 2.05. The molecule has 18 heavy (non-hydrogen) atoms. The van der Waals surface area contributed by atoms with Crippen molar-refractivity contribution in [2.75, 3.05) is 0 Å². The average molecular weight is 252 g/mol. The predicted octanol–water partition coefficient (Wildman–Crippen LogP) is 2.23. The Bertz CT molecular complexity index is 416. The molecule has 0 aromatic carbocycles. The van der Waals surface area contributed by atoms with Crippen molar-refractivity contribution in [3.63, 3.8) is 0 Å². The molecule has 0 aromatic heterocycles. The summed E-state index contributed by atoms with van der Waals surface area (Å²) in [5.74, 6) is -1.38. The van der Waals surface area contributed by atoms with Crippen LogP contribution in [0, 0.1) is 34.5 Å². The van der Waals surface area contributed by atoms with Crippen LogP contribution in [0.4, 0.5) is 0 Å². The second-order valence-corrected chi connectivity index (χ2v) is 6.92. The molecule has 4 heteroatoms. The quantitative estimate of drug-likeness (QED) is 0.739. The molecular weight excluding hydrogens is 232 g/mol. The number of rotatable bonds is 2. The average Bonchev–Trinajstić information content (AvgIpc) is 2.86. The lowest BCUT2D eigenvalue weighted by atomic mass is 9.67. The molecule has 0 amide bonds. The summed E-state index contributed by atoms with van der Waals surface area (Å²) in [6.07, 6.45) is 3.80. The van der Waals surface area contributed by atoms with E-state index in [1.54, 1.807) is 0 Å². The predicted molar refractivity (Wildman–Crippen MR) is 63.9 cm³/mol. The van der Waals surface area contributed by atoms with Gasteiger partial charge in [-0.3, -0.25) is 9.59 Å². The standard InChI is InChI=1S/C14H20O4/c1-7-10-9(8-3-4-13(10,2)5-8)6-14(7,11(15)16)12(17)18/h7-10H,3-6H2,1-2H3,(H,15,16)(H,17,18). The first kappa shape index (κ1) is 12.0. The van der Waals surface area contributed by atoms with E-state index in [1.807, 2.05) is 6.92 Å². The largest absolute Gasteiger partial charge is 0.480 e. The third-order valence-corrected chi connectivity index (χ3v) is 6.32. The summed E-state index contributed by atoms with van der Waals surface area (Å²) in [4.78, 5) is 23.1. The molecule has 5 atom stereocenters. The second-order valence-electron chi connectivity index (χ2n) is 6.92. The van der Waals surface area contributed by atoms with Gasteiger partial charge in [0.1, 0.15) is 0 Å². The van der Waals surface area contributed by atoms with Gasteiger partial charge in [-0.2, -0.15) is 0 Å². The highest BCUT2D eigenvalue weighted by Crippen LogP contribution is 2.70. The Labute approximate surface area is 106 Å². The molecule has 100 valence electrons. The Morgan fingerprint density at radius 3 is 2.28 bits per heavy atom. The lowest BCUT2D eigenvalue weighted by molar-refractivity contribution is -0.168. The molecule has 5 unspecified atom stereocenters. The van der Waals surface area contributed by atoms with Gasteiger partial charge >= 0.3 is 11.9 Å². The van der Waals surface area contributed by atoms with Crippen LogP contribution in [0.5, 0.6) is 0 Å². The zero-order valence-electron chi connectivity index (χ0n) is 10.8. The summed E-state index contributed by atoms with van der Waals surface area (Å²) in [5, 5.41) is 18.9. The van der Waals surface area contributed by atoms with E-state index in [2.05, 4.69) is 6.92 Å². The van der Waals surface area contributed by atoms with E-state index in [1.165, 1.54) is 6.42 Å². The van der Waals surface area contributed by atoms with Gasteiger partial charge in [0.25, 0.3) is 0 Å². The lowest BCUT2D eigenvalue weighted by Crippen LogP contribution is -2.44. The summed E-state index contributed by atoms with van der Waals surface area (Å²) in [6, 6.07) is 0. The topological polar surface area (TPSA) is 74.6 Å². The second kappa shape index (κ2) is 3.28. The van der Waals surface area contributed by atoms with Crippen LogP contribution in [-0.4, -0.2) is 22.2 Å². The van der Waals surface area contributed by atoms with Crippen LogP contribution < -0.4 is 0 Å². The van der Waals surface area contributed by atoms with Crippen LogP contribution in [0.3, 0.4) is 0 Å². The van der Waals surface area contributed by atoms with E-state index in [4.69, 9.17) is 0 Å². The number of fused-ring (bicyclic) bond motifs is 5. The summed E-state index contributed by atoms with van der Waals surface area (Å²) in [6.45, 7) is 4.08. The number of hydrogen-bond acceptors (Lipinski definition) is 2. The van der Waals surface area contributed by atoms with Crippen LogP contribution in [0.25, 0.3) is 0 Å². The van der Waals surface area contributed by atoms with Crippen molar-refractivity contribution in [1.29, 1.82) is 0 Å². The van der Waals surface area contributed by atoms with E-state index in [9.17, 15) is 19.8 Å². The highest BCUT2D eigenvalue weighted by atomic mass is 16.4. The fourth-order valence-electron chi connectivity index (χ4n) is 5.58. The van der Waals surface area contributed by atoms with Gasteiger partial charge in [0, 0.05) is 0 Å². The number of hydrogen-bond donors (Lipinski definition) is 2. The van der Waals surface area contributed by atoms with Gasteiger partial charge in [-0.1, -0.05) is 13.8 Å². The van der Waals surface area contributed by atoms with Gasteiger partial charge in [0.15, 0.2) is 5.41 Å². The van der Waals surface area contributed by atoms with Gasteiger partial charge in [-0.05, 0) is 54.8 Å². The van der Waals surface area contributed by atoms with Crippen molar-refractivity contribution in [1.82, 2.24) is 0 Å². The maximum atomic E-state index is 11.6. The Morgan fingerprint density at radius 2 is 1.78 bits per heavy atom. The third-order valence-electron chi connectivity index (χ3n) is 6.32. The van der Waals surface area contributed by atoms with Crippen molar-refractivity contribution in [2.24, 2.45) is 34.5 Å². The summed E-state index contributed by atoms with van der Waals surface area (Å²) >= 11 is 0. The van der Waals surface area contributed by atoms with Gasteiger partial charge < -0.3 is 10.2 Å². The van der Waals surface area contributed by atoms with Crippen molar-refractivity contribution in [3.8, 4) is 0 Å². The van der Waals surface area contributed by atoms with Crippen LogP contribution in [0.2, 0.25) is 0 Å². The molecule has 2 bridgehead atoms. The Kier molecular flexibility index (Phi) is 2.19. The first-order valence-corrected chi connectivity index (χ1v) is 6.80. The Morgan fingerprint density at radius 1 is 1.17 bits per heavy atom. The van der Waals surface area contributed by atoms with Crippen LogP contribution >= 0.6 is 0 Å². The van der Waals surface area contributed by atoms with E-state index in [0.717, 1.165) is 12.8 Å². The smallest absolute Gasteiger partial charge is 0.321 e. The molecule has 3 aliphatic rings. The van der Waals surface area contributed by atoms with E-state index in [0.29, 0.717) is 18.3 Å². The van der Waals surface area contributed by atoms with E-state index < -0.39 is 17.4 Å². The molecule has 0 aliphatic heterocycles. The lowest BCUT2D eigenvalue weighted by Gasteiger charge is -2.37. The first-order chi connectivity index (χ1) is 8.33. The van der Waals surface area contributed by atoms with Crippen molar-refractivity contribution >= 4 is 11.9 Å². The van der Waals surface area contributed by atoms with Crippen molar-refractivity contribution in [3.05, 3.63) is 0 Å². The highest BCUT2D eigenvalue weighted by molar-refractivity contribution is 5.99. The van der Waals surface area contributed by atoms with Crippen molar-refractivity contribution < 1.29 is 19.8 Å².